The molecule has 1 aromatic heterocycles. The Bertz CT molecular complexity index is 1050. The van der Waals surface area contributed by atoms with Gasteiger partial charge in [-0.1, -0.05) is 44.5 Å². The first-order chi connectivity index (χ1) is 14.6. The van der Waals surface area contributed by atoms with Gasteiger partial charge in [-0.25, -0.2) is 9.97 Å². The molecule has 1 saturated heterocycles. The van der Waals surface area contributed by atoms with Crippen LogP contribution >= 0.6 is 11.6 Å². The summed E-state index contributed by atoms with van der Waals surface area (Å²) in [6.07, 6.45) is 4.26. The first-order valence-electron chi connectivity index (χ1n) is 10.2. The fraction of sp³-hybridized carbons (Fsp3) is 0.476. The highest BCUT2D eigenvalue weighted by Crippen LogP contribution is 2.54. The minimum atomic E-state index is -0.522. The number of benzene rings is 1. The molecule has 2 atom stereocenters. The number of carbonyl (C=O) groups excluding carboxylic acids is 1. The van der Waals surface area contributed by atoms with Gasteiger partial charge >= 0.3 is 5.69 Å². The van der Waals surface area contributed by atoms with E-state index in [0.717, 1.165) is 19.3 Å². The first-order valence-corrected chi connectivity index (χ1v) is 10.5. The predicted molar refractivity (Wildman–Crippen MR) is 118 cm³/mol. The van der Waals surface area contributed by atoms with Crippen LogP contribution in [0.3, 0.4) is 0 Å². The van der Waals surface area contributed by atoms with Gasteiger partial charge in [0, 0.05) is 12.6 Å². The van der Waals surface area contributed by atoms with Crippen molar-refractivity contribution in [2.24, 2.45) is 10.8 Å². The Morgan fingerprint density at radius 1 is 1.26 bits per heavy atom. The third kappa shape index (κ3) is 4.14. The van der Waals surface area contributed by atoms with Gasteiger partial charge in [0.2, 0.25) is 11.6 Å². The van der Waals surface area contributed by atoms with Crippen LogP contribution in [0.2, 0.25) is 5.02 Å². The predicted octanol–water partition coefficient (Wildman–Crippen LogP) is 4.20. The van der Waals surface area contributed by atoms with E-state index in [1.54, 1.807) is 24.3 Å². The Morgan fingerprint density at radius 2 is 2.00 bits per heavy atom. The summed E-state index contributed by atoms with van der Waals surface area (Å²) in [5, 5.41) is 12.3. The molecule has 1 aliphatic carbocycles. The molecule has 164 valence electrons. The molecule has 1 aromatic carbocycles. The molecule has 1 saturated carbocycles. The van der Waals surface area contributed by atoms with Crippen LogP contribution in [0.25, 0.3) is 0 Å². The number of amides is 1. The van der Waals surface area contributed by atoms with E-state index in [0.29, 0.717) is 6.54 Å². The fourth-order valence-electron chi connectivity index (χ4n) is 5.38. The number of hydrogen-bond donors (Lipinski definition) is 2. The van der Waals surface area contributed by atoms with E-state index in [-0.39, 0.29) is 44.8 Å². The van der Waals surface area contributed by atoms with Gasteiger partial charge in [-0.05, 0) is 42.2 Å². The molecule has 2 aromatic rings. The summed E-state index contributed by atoms with van der Waals surface area (Å²) in [7, 11) is 0. The molecule has 2 bridgehead atoms. The van der Waals surface area contributed by atoms with E-state index in [1.165, 1.54) is 6.33 Å². The fourth-order valence-corrected chi connectivity index (χ4v) is 5.60. The number of hydrogen-bond acceptors (Lipinski definition) is 7. The van der Waals surface area contributed by atoms with E-state index in [2.05, 4.69) is 41.6 Å². The quantitative estimate of drug-likeness (QED) is 0.524. The summed E-state index contributed by atoms with van der Waals surface area (Å²) < 4.78 is 0. The van der Waals surface area contributed by atoms with Crippen molar-refractivity contribution < 1.29 is 9.72 Å². The standard InChI is InChI=1S/C21H25ClN6O3/c1-20(2)8-13-9-21(3,10-20)11-27(13)18-16(28(30)31)17(23-12-24-18)25-26-19(29)14-6-4-5-7-15(14)22/h4-7,12-13H,8-11H2,1-3H3,(H,26,29)(H,23,24,25). The van der Waals surface area contributed by atoms with Gasteiger partial charge in [0.05, 0.1) is 15.5 Å². The van der Waals surface area contributed by atoms with Crippen LogP contribution < -0.4 is 15.8 Å². The smallest absolute Gasteiger partial charge is 0.347 e. The maximum absolute atomic E-state index is 12.4. The average Bonchev–Trinajstić information content (AvgIpc) is 2.94. The average molecular weight is 445 g/mol. The number of nitro groups is 1. The molecule has 2 N–H and O–H groups in total. The first kappa shape index (κ1) is 21.3. The second kappa shape index (κ2) is 7.64. The lowest BCUT2D eigenvalue weighted by Gasteiger charge is -2.39. The second-order valence-electron chi connectivity index (χ2n) is 9.55. The Kier molecular flexibility index (Phi) is 5.25. The lowest BCUT2D eigenvalue weighted by molar-refractivity contribution is -0.383. The van der Waals surface area contributed by atoms with Gasteiger partial charge < -0.3 is 4.90 Å². The summed E-state index contributed by atoms with van der Waals surface area (Å²) in [5.41, 5.74) is 5.28. The van der Waals surface area contributed by atoms with Crippen molar-refractivity contribution in [2.45, 2.75) is 46.1 Å². The highest BCUT2D eigenvalue weighted by atomic mass is 35.5. The van der Waals surface area contributed by atoms with Gasteiger partial charge in [-0.15, -0.1) is 0 Å². The zero-order valence-electron chi connectivity index (χ0n) is 17.7. The molecule has 2 aliphatic rings. The molecule has 2 heterocycles. The van der Waals surface area contributed by atoms with Crippen LogP contribution in [0, 0.1) is 20.9 Å². The van der Waals surface area contributed by atoms with Gasteiger partial charge in [0.25, 0.3) is 5.91 Å². The van der Waals surface area contributed by atoms with E-state index in [9.17, 15) is 14.9 Å². The monoisotopic (exact) mass is 444 g/mol. The molecule has 2 fully saturated rings. The minimum Gasteiger partial charge on any atom is -0.347 e. The second-order valence-corrected chi connectivity index (χ2v) is 9.96. The number of nitrogens with one attached hydrogen (secondary N) is 2. The largest absolute Gasteiger partial charge is 0.355 e. The summed E-state index contributed by atoms with van der Waals surface area (Å²) in [4.78, 5) is 34.3. The molecule has 4 rings (SSSR count). The van der Waals surface area contributed by atoms with Crippen LogP contribution in [0.15, 0.2) is 30.6 Å². The molecule has 1 aliphatic heterocycles. The maximum Gasteiger partial charge on any atom is 0.355 e. The summed E-state index contributed by atoms with van der Waals surface area (Å²) in [5.74, 6) is -0.312. The molecule has 0 spiro atoms. The highest BCUT2D eigenvalue weighted by Gasteiger charge is 2.51. The van der Waals surface area contributed by atoms with Gasteiger partial charge in [-0.3, -0.25) is 25.8 Å². The minimum absolute atomic E-state index is 0.0683. The highest BCUT2D eigenvalue weighted by molar-refractivity contribution is 6.33. The number of nitrogens with zero attached hydrogens (tertiary/aromatic N) is 4. The van der Waals surface area contributed by atoms with Crippen LogP contribution in [-0.4, -0.2) is 33.4 Å². The zero-order chi connectivity index (χ0) is 22.4. The molecular formula is C21H25ClN6O3. The van der Waals surface area contributed by atoms with Crippen molar-refractivity contribution in [1.82, 2.24) is 15.4 Å². The normalized spacial score (nSPS) is 24.0. The lowest BCUT2D eigenvalue weighted by atomic mass is 9.65. The third-order valence-electron chi connectivity index (χ3n) is 6.09. The number of aromatic nitrogens is 2. The van der Waals surface area contributed by atoms with E-state index < -0.39 is 10.8 Å². The Balaban J connectivity index is 1.62. The van der Waals surface area contributed by atoms with Gasteiger partial charge in [-0.2, -0.15) is 0 Å². The van der Waals surface area contributed by atoms with Crippen molar-refractivity contribution in [1.29, 1.82) is 0 Å². The molecule has 10 heteroatoms. The van der Waals surface area contributed by atoms with Crippen LogP contribution in [0.5, 0.6) is 0 Å². The number of hydrazine groups is 1. The Hall–Kier alpha value is -2.94. The third-order valence-corrected chi connectivity index (χ3v) is 6.41. The topological polar surface area (TPSA) is 113 Å². The Morgan fingerprint density at radius 3 is 2.71 bits per heavy atom. The van der Waals surface area contributed by atoms with Crippen LogP contribution in [0.4, 0.5) is 17.3 Å². The van der Waals surface area contributed by atoms with Gasteiger partial charge in [0.15, 0.2) is 0 Å². The van der Waals surface area contributed by atoms with E-state index >= 15 is 0 Å². The summed E-state index contributed by atoms with van der Waals surface area (Å²) in [6, 6.07) is 6.72. The molecular weight excluding hydrogens is 420 g/mol. The number of halogens is 1. The van der Waals surface area contributed by atoms with Crippen molar-refractivity contribution in [3.63, 3.8) is 0 Å². The molecule has 2 unspecified atom stereocenters. The zero-order valence-corrected chi connectivity index (χ0v) is 18.4. The van der Waals surface area contributed by atoms with Crippen molar-refractivity contribution >= 4 is 34.8 Å². The van der Waals surface area contributed by atoms with E-state index in [1.807, 2.05) is 4.90 Å². The van der Waals surface area contributed by atoms with Crippen molar-refractivity contribution in [3.05, 3.63) is 51.3 Å². The number of carbonyl (C=O) groups is 1. The number of anilines is 2. The number of rotatable bonds is 5. The summed E-state index contributed by atoms with van der Waals surface area (Å²) in [6.45, 7) is 7.42. The van der Waals surface area contributed by atoms with E-state index in [4.69, 9.17) is 11.6 Å². The lowest BCUT2D eigenvalue weighted by Crippen LogP contribution is -2.35. The van der Waals surface area contributed by atoms with Crippen molar-refractivity contribution in [2.75, 3.05) is 16.9 Å². The SMILES string of the molecule is CC1(C)CC2CC(C)(CN2c2ncnc(NNC(=O)c3ccccc3Cl)c2[N+](=O)[O-])C1. The summed E-state index contributed by atoms with van der Waals surface area (Å²) >= 11 is 6.05. The van der Waals surface area contributed by atoms with Crippen LogP contribution in [0.1, 0.15) is 50.4 Å². The number of fused-ring (bicyclic) bond motifs is 2. The molecule has 0 radical (unpaired) electrons. The van der Waals surface area contributed by atoms with Gasteiger partial charge in [0.1, 0.15) is 6.33 Å². The molecule has 9 nitrogen and oxygen atoms in total. The molecule has 31 heavy (non-hydrogen) atoms. The van der Waals surface area contributed by atoms with Crippen LogP contribution in [-0.2, 0) is 0 Å². The Labute approximate surface area is 185 Å². The maximum atomic E-state index is 12.4. The molecule has 1 amide bonds. The van der Waals surface area contributed by atoms with Crippen molar-refractivity contribution in [3.8, 4) is 0 Å².